The van der Waals surface area contributed by atoms with Crippen LogP contribution >= 0.6 is 23.2 Å². The summed E-state index contributed by atoms with van der Waals surface area (Å²) in [7, 11) is 0. The van der Waals surface area contributed by atoms with Crippen LogP contribution in [0.1, 0.15) is 34.6 Å². The SMILES string of the molecule is CCOC(=O)c1cc(-c2ccc(Cl)cc2Cl)c(C(=O)OCC)cc1-c1ccccc1. The molecule has 0 aliphatic carbocycles. The predicted octanol–water partition coefficient (Wildman–Crippen LogP) is 6.68. The molecule has 0 heterocycles. The first-order valence-corrected chi connectivity index (χ1v) is 10.2. The van der Waals surface area contributed by atoms with E-state index in [0.717, 1.165) is 5.56 Å². The van der Waals surface area contributed by atoms with Crippen LogP contribution in [0.25, 0.3) is 22.3 Å². The average molecular weight is 443 g/mol. The first-order valence-electron chi connectivity index (χ1n) is 9.49. The minimum Gasteiger partial charge on any atom is -0.462 e. The van der Waals surface area contributed by atoms with E-state index in [1.54, 1.807) is 44.2 Å². The van der Waals surface area contributed by atoms with Gasteiger partial charge in [-0.05, 0) is 54.8 Å². The van der Waals surface area contributed by atoms with E-state index in [-0.39, 0.29) is 13.2 Å². The number of carbonyl (C=O) groups is 2. The lowest BCUT2D eigenvalue weighted by atomic mass is 9.90. The van der Waals surface area contributed by atoms with Crippen LogP contribution in [-0.4, -0.2) is 25.2 Å². The van der Waals surface area contributed by atoms with Gasteiger partial charge in [-0.2, -0.15) is 0 Å². The molecule has 0 amide bonds. The predicted molar refractivity (Wildman–Crippen MR) is 119 cm³/mol. The van der Waals surface area contributed by atoms with Gasteiger partial charge in [0.1, 0.15) is 0 Å². The van der Waals surface area contributed by atoms with E-state index in [9.17, 15) is 9.59 Å². The van der Waals surface area contributed by atoms with Gasteiger partial charge in [0.2, 0.25) is 0 Å². The second-order valence-electron chi connectivity index (χ2n) is 6.37. The third-order valence-corrected chi connectivity index (χ3v) is 5.00. The summed E-state index contributed by atoms with van der Waals surface area (Å²) in [5, 5.41) is 0.822. The van der Waals surface area contributed by atoms with Gasteiger partial charge in [0.05, 0.1) is 24.3 Å². The normalized spacial score (nSPS) is 10.5. The maximum atomic E-state index is 12.8. The first kappa shape index (κ1) is 21.9. The van der Waals surface area contributed by atoms with Gasteiger partial charge < -0.3 is 9.47 Å². The Bertz CT molecular complexity index is 1080. The quantitative estimate of drug-likeness (QED) is 0.399. The zero-order valence-corrected chi connectivity index (χ0v) is 18.1. The van der Waals surface area contributed by atoms with Crippen molar-refractivity contribution in [2.45, 2.75) is 13.8 Å². The molecule has 0 spiro atoms. The lowest BCUT2D eigenvalue weighted by molar-refractivity contribution is 0.0513. The van der Waals surface area contributed by atoms with Crippen LogP contribution in [-0.2, 0) is 9.47 Å². The molecule has 3 aromatic rings. The number of benzene rings is 3. The Morgan fingerprint density at radius 1 is 0.733 bits per heavy atom. The molecule has 0 atom stereocenters. The number of esters is 2. The van der Waals surface area contributed by atoms with Crippen molar-refractivity contribution >= 4 is 35.1 Å². The minimum absolute atomic E-state index is 0.215. The molecule has 0 radical (unpaired) electrons. The van der Waals surface area contributed by atoms with E-state index in [1.807, 2.05) is 30.3 Å². The molecule has 3 aromatic carbocycles. The molecule has 0 saturated heterocycles. The molecular formula is C24H20Cl2O4. The first-order chi connectivity index (χ1) is 14.5. The topological polar surface area (TPSA) is 52.6 Å². The van der Waals surface area contributed by atoms with Crippen LogP contribution in [0.3, 0.4) is 0 Å². The Balaban J connectivity index is 2.33. The number of hydrogen-bond acceptors (Lipinski definition) is 4. The highest BCUT2D eigenvalue weighted by molar-refractivity contribution is 6.36. The second kappa shape index (κ2) is 9.79. The Morgan fingerprint density at radius 2 is 1.30 bits per heavy atom. The number of hydrogen-bond donors (Lipinski definition) is 0. The second-order valence-corrected chi connectivity index (χ2v) is 7.22. The molecule has 0 aliphatic heterocycles. The molecule has 0 saturated carbocycles. The Hall–Kier alpha value is -2.82. The van der Waals surface area contributed by atoms with Crippen LogP contribution in [0.2, 0.25) is 10.0 Å². The largest absolute Gasteiger partial charge is 0.462 e. The summed E-state index contributed by atoms with van der Waals surface area (Å²) in [6.45, 7) is 3.92. The number of carbonyl (C=O) groups excluding carboxylic acids is 2. The fourth-order valence-electron chi connectivity index (χ4n) is 3.14. The van der Waals surface area contributed by atoms with Gasteiger partial charge >= 0.3 is 11.9 Å². The fourth-order valence-corrected chi connectivity index (χ4v) is 3.65. The lowest BCUT2D eigenvalue weighted by Gasteiger charge is -2.17. The fraction of sp³-hybridized carbons (Fsp3) is 0.167. The Morgan fingerprint density at radius 3 is 1.87 bits per heavy atom. The third kappa shape index (κ3) is 4.66. The van der Waals surface area contributed by atoms with Crippen LogP contribution < -0.4 is 0 Å². The van der Waals surface area contributed by atoms with Crippen LogP contribution in [0.4, 0.5) is 0 Å². The van der Waals surface area contributed by atoms with Crippen LogP contribution in [0, 0.1) is 0 Å². The van der Waals surface area contributed by atoms with Crippen molar-refractivity contribution in [3.63, 3.8) is 0 Å². The zero-order valence-electron chi connectivity index (χ0n) is 16.6. The van der Waals surface area contributed by atoms with E-state index in [1.165, 1.54) is 0 Å². The summed E-state index contributed by atoms with van der Waals surface area (Å²) >= 11 is 12.4. The number of ether oxygens (including phenoxy) is 2. The molecule has 0 aliphatic rings. The highest BCUT2D eigenvalue weighted by atomic mass is 35.5. The van der Waals surface area contributed by atoms with Crippen molar-refractivity contribution in [1.82, 2.24) is 0 Å². The van der Waals surface area contributed by atoms with Crippen molar-refractivity contribution in [3.8, 4) is 22.3 Å². The maximum absolute atomic E-state index is 12.8. The number of halogens is 2. The van der Waals surface area contributed by atoms with Gasteiger partial charge in [0.25, 0.3) is 0 Å². The van der Waals surface area contributed by atoms with E-state index in [0.29, 0.717) is 37.9 Å². The van der Waals surface area contributed by atoms with Gasteiger partial charge in [-0.3, -0.25) is 0 Å². The molecule has 30 heavy (non-hydrogen) atoms. The summed E-state index contributed by atoms with van der Waals surface area (Å²) < 4.78 is 10.5. The summed E-state index contributed by atoms with van der Waals surface area (Å²) in [5.74, 6) is -0.996. The monoisotopic (exact) mass is 442 g/mol. The van der Waals surface area contributed by atoms with Crippen molar-refractivity contribution in [1.29, 1.82) is 0 Å². The number of rotatable bonds is 6. The molecule has 0 aromatic heterocycles. The van der Waals surface area contributed by atoms with Crippen LogP contribution in [0.15, 0.2) is 60.7 Å². The van der Waals surface area contributed by atoms with Crippen molar-refractivity contribution in [2.75, 3.05) is 13.2 Å². The molecule has 0 N–H and O–H groups in total. The van der Waals surface area contributed by atoms with Gasteiger partial charge in [-0.15, -0.1) is 0 Å². The summed E-state index contributed by atoms with van der Waals surface area (Å²) in [5.41, 5.74) is 3.02. The molecule has 0 bridgehead atoms. The Labute approximate surface area is 185 Å². The highest BCUT2D eigenvalue weighted by Gasteiger charge is 2.23. The standard InChI is InChI=1S/C24H20Cl2O4/c1-3-29-23(27)20-14-19(17-11-10-16(25)12-22(17)26)21(24(28)30-4-2)13-18(20)15-8-6-5-7-9-15/h5-14H,3-4H2,1-2H3. The molecule has 0 fully saturated rings. The van der Waals surface area contributed by atoms with Crippen molar-refractivity contribution in [2.24, 2.45) is 0 Å². The molecule has 4 nitrogen and oxygen atoms in total. The maximum Gasteiger partial charge on any atom is 0.338 e. The van der Waals surface area contributed by atoms with Crippen molar-refractivity contribution in [3.05, 3.63) is 81.8 Å². The molecular weight excluding hydrogens is 423 g/mol. The summed E-state index contributed by atoms with van der Waals surface area (Å²) in [4.78, 5) is 25.6. The van der Waals surface area contributed by atoms with E-state index < -0.39 is 11.9 Å². The lowest BCUT2D eigenvalue weighted by Crippen LogP contribution is -2.12. The highest BCUT2D eigenvalue weighted by Crippen LogP contribution is 2.37. The van der Waals surface area contributed by atoms with Gasteiger partial charge in [-0.25, -0.2) is 9.59 Å². The van der Waals surface area contributed by atoms with Crippen molar-refractivity contribution < 1.29 is 19.1 Å². The molecule has 154 valence electrons. The third-order valence-electron chi connectivity index (χ3n) is 4.45. The van der Waals surface area contributed by atoms with Gasteiger partial charge in [-0.1, -0.05) is 59.6 Å². The molecule has 6 heteroatoms. The average Bonchev–Trinajstić information content (AvgIpc) is 2.74. The van der Waals surface area contributed by atoms with E-state index >= 15 is 0 Å². The summed E-state index contributed by atoms with van der Waals surface area (Å²) in [6.07, 6.45) is 0. The minimum atomic E-state index is -0.508. The van der Waals surface area contributed by atoms with Gasteiger partial charge in [0, 0.05) is 15.6 Å². The molecule has 0 unspecified atom stereocenters. The van der Waals surface area contributed by atoms with E-state index in [2.05, 4.69) is 0 Å². The van der Waals surface area contributed by atoms with Gasteiger partial charge in [0.15, 0.2) is 0 Å². The Kier molecular flexibility index (Phi) is 7.14. The smallest absolute Gasteiger partial charge is 0.338 e. The summed E-state index contributed by atoms with van der Waals surface area (Å²) in [6, 6.07) is 17.6. The van der Waals surface area contributed by atoms with Crippen LogP contribution in [0.5, 0.6) is 0 Å². The molecule has 3 rings (SSSR count). The van der Waals surface area contributed by atoms with E-state index in [4.69, 9.17) is 32.7 Å². The zero-order chi connectivity index (χ0) is 21.7.